The standard InChI is InChI=1S/C18H27N7O2S.HI/c1-19-18(21-13-17-22-14-23-24(17)2)20-12-15-7-6-8-16(11-15)28(26,27)25-9-4-3-5-10-25;/h6-8,11,14H,3-5,9-10,12-13H2,1-2H3,(H2,19,20,21);1H. The third kappa shape index (κ3) is 6.12. The van der Waals surface area contributed by atoms with Crippen LogP contribution in [0.1, 0.15) is 30.7 Å². The van der Waals surface area contributed by atoms with E-state index in [2.05, 4.69) is 25.7 Å². The molecule has 1 saturated heterocycles. The summed E-state index contributed by atoms with van der Waals surface area (Å²) in [5, 5.41) is 10.4. The minimum Gasteiger partial charge on any atom is -0.352 e. The molecule has 160 valence electrons. The van der Waals surface area contributed by atoms with Crippen molar-refractivity contribution >= 4 is 40.0 Å². The van der Waals surface area contributed by atoms with E-state index < -0.39 is 10.0 Å². The van der Waals surface area contributed by atoms with E-state index in [1.807, 2.05) is 13.1 Å². The number of aryl methyl sites for hydroxylation is 1. The Balaban J connectivity index is 0.00000300. The van der Waals surface area contributed by atoms with Gasteiger partial charge in [-0.2, -0.15) is 9.40 Å². The number of hydrogen-bond acceptors (Lipinski definition) is 5. The average molecular weight is 533 g/mol. The van der Waals surface area contributed by atoms with Crippen molar-refractivity contribution in [3.63, 3.8) is 0 Å². The molecule has 0 radical (unpaired) electrons. The SMILES string of the molecule is CN=C(NCc1cccc(S(=O)(=O)N2CCCCC2)c1)NCc1ncnn1C.I. The Morgan fingerprint density at radius 2 is 1.90 bits per heavy atom. The molecule has 1 aliphatic heterocycles. The molecular formula is C18H28IN7O2S. The zero-order valence-corrected chi connectivity index (χ0v) is 19.9. The number of sulfonamides is 1. The van der Waals surface area contributed by atoms with E-state index in [0.29, 0.717) is 37.0 Å². The molecule has 1 aromatic heterocycles. The van der Waals surface area contributed by atoms with Crippen LogP contribution in [0.5, 0.6) is 0 Å². The van der Waals surface area contributed by atoms with Crippen molar-refractivity contribution in [2.75, 3.05) is 20.1 Å². The topological polar surface area (TPSA) is 105 Å². The smallest absolute Gasteiger partial charge is 0.243 e. The molecular weight excluding hydrogens is 505 g/mol. The van der Waals surface area contributed by atoms with E-state index in [1.54, 1.807) is 34.2 Å². The monoisotopic (exact) mass is 533 g/mol. The molecule has 3 rings (SSSR count). The van der Waals surface area contributed by atoms with Gasteiger partial charge in [0.05, 0.1) is 11.4 Å². The quantitative estimate of drug-likeness (QED) is 0.331. The highest BCUT2D eigenvalue weighted by molar-refractivity contribution is 14.0. The number of halogens is 1. The number of benzene rings is 1. The van der Waals surface area contributed by atoms with Crippen molar-refractivity contribution in [2.24, 2.45) is 12.0 Å². The van der Waals surface area contributed by atoms with Crippen LogP contribution in [0.25, 0.3) is 0 Å². The maximum Gasteiger partial charge on any atom is 0.243 e. The first-order valence-electron chi connectivity index (χ1n) is 9.37. The lowest BCUT2D eigenvalue weighted by molar-refractivity contribution is 0.346. The molecule has 2 aromatic rings. The summed E-state index contributed by atoms with van der Waals surface area (Å²) < 4.78 is 29.0. The van der Waals surface area contributed by atoms with Gasteiger partial charge in [-0.25, -0.2) is 13.4 Å². The molecule has 0 spiro atoms. The van der Waals surface area contributed by atoms with E-state index in [-0.39, 0.29) is 24.0 Å². The summed E-state index contributed by atoms with van der Waals surface area (Å²) in [5.41, 5.74) is 0.875. The first-order valence-corrected chi connectivity index (χ1v) is 10.8. The second-order valence-electron chi connectivity index (χ2n) is 6.69. The largest absolute Gasteiger partial charge is 0.352 e. The van der Waals surface area contributed by atoms with Crippen LogP contribution in [-0.4, -0.2) is 53.6 Å². The number of hydrogen-bond donors (Lipinski definition) is 2. The first kappa shape index (κ1) is 23.5. The van der Waals surface area contributed by atoms with Gasteiger partial charge in [-0.3, -0.25) is 9.67 Å². The summed E-state index contributed by atoms with van der Waals surface area (Å²) >= 11 is 0. The number of guanidine groups is 1. The maximum atomic E-state index is 12.9. The van der Waals surface area contributed by atoms with Gasteiger partial charge >= 0.3 is 0 Å². The van der Waals surface area contributed by atoms with Crippen molar-refractivity contribution in [1.29, 1.82) is 0 Å². The maximum absolute atomic E-state index is 12.9. The fraction of sp³-hybridized carbons (Fsp3) is 0.500. The highest BCUT2D eigenvalue weighted by Gasteiger charge is 2.25. The van der Waals surface area contributed by atoms with Gasteiger partial charge in [0.2, 0.25) is 10.0 Å². The van der Waals surface area contributed by atoms with Crippen LogP contribution in [0.15, 0.2) is 40.5 Å². The molecule has 29 heavy (non-hydrogen) atoms. The van der Waals surface area contributed by atoms with Gasteiger partial charge in [-0.05, 0) is 30.5 Å². The van der Waals surface area contributed by atoms with Gasteiger partial charge in [0, 0.05) is 33.7 Å². The lowest BCUT2D eigenvalue weighted by Crippen LogP contribution is -2.37. The lowest BCUT2D eigenvalue weighted by Gasteiger charge is -2.26. The van der Waals surface area contributed by atoms with Crippen LogP contribution in [0.3, 0.4) is 0 Å². The van der Waals surface area contributed by atoms with Gasteiger partial charge in [0.1, 0.15) is 12.2 Å². The van der Waals surface area contributed by atoms with E-state index >= 15 is 0 Å². The number of nitrogens with one attached hydrogen (secondary N) is 2. The molecule has 0 aliphatic carbocycles. The summed E-state index contributed by atoms with van der Waals surface area (Å²) in [5.74, 6) is 1.39. The number of piperidine rings is 1. The Morgan fingerprint density at radius 1 is 1.17 bits per heavy atom. The van der Waals surface area contributed by atoms with Gasteiger partial charge in [0.25, 0.3) is 0 Å². The molecule has 1 fully saturated rings. The van der Waals surface area contributed by atoms with Crippen molar-refractivity contribution in [3.05, 3.63) is 42.0 Å². The zero-order valence-electron chi connectivity index (χ0n) is 16.7. The highest BCUT2D eigenvalue weighted by Crippen LogP contribution is 2.21. The molecule has 2 heterocycles. The summed E-state index contributed by atoms with van der Waals surface area (Å²) in [6, 6.07) is 7.07. The fourth-order valence-electron chi connectivity index (χ4n) is 3.12. The number of rotatable bonds is 6. The molecule has 9 nitrogen and oxygen atoms in total. The fourth-order valence-corrected chi connectivity index (χ4v) is 4.71. The third-order valence-electron chi connectivity index (χ3n) is 4.75. The number of nitrogens with zero attached hydrogens (tertiary/aromatic N) is 5. The molecule has 11 heteroatoms. The van der Waals surface area contributed by atoms with E-state index in [9.17, 15) is 8.42 Å². The summed E-state index contributed by atoms with van der Waals surface area (Å²) in [4.78, 5) is 8.69. The second-order valence-corrected chi connectivity index (χ2v) is 8.63. The lowest BCUT2D eigenvalue weighted by atomic mass is 10.2. The van der Waals surface area contributed by atoms with Crippen molar-refractivity contribution < 1.29 is 8.42 Å². The van der Waals surface area contributed by atoms with Gasteiger partial charge in [-0.15, -0.1) is 24.0 Å². The summed E-state index contributed by atoms with van der Waals surface area (Å²) in [7, 11) is 0.0801. The Hall–Kier alpha value is -1.73. The Kier molecular flexibility index (Phi) is 8.83. The highest BCUT2D eigenvalue weighted by atomic mass is 127. The second kappa shape index (κ2) is 10.9. The molecule has 0 atom stereocenters. The average Bonchev–Trinajstić information content (AvgIpc) is 3.14. The Bertz CT molecular complexity index is 924. The van der Waals surface area contributed by atoms with E-state index in [1.165, 1.54) is 6.33 Å². The van der Waals surface area contributed by atoms with Crippen LogP contribution >= 0.6 is 24.0 Å². The Morgan fingerprint density at radius 3 is 2.55 bits per heavy atom. The predicted molar refractivity (Wildman–Crippen MR) is 123 cm³/mol. The minimum absolute atomic E-state index is 0. The zero-order chi connectivity index (χ0) is 20.0. The summed E-state index contributed by atoms with van der Waals surface area (Å²) in [6.07, 6.45) is 4.44. The van der Waals surface area contributed by atoms with Gasteiger partial charge in [0.15, 0.2) is 5.96 Å². The molecule has 2 N–H and O–H groups in total. The van der Waals surface area contributed by atoms with Crippen LogP contribution in [0.4, 0.5) is 0 Å². The predicted octanol–water partition coefficient (Wildman–Crippen LogP) is 1.47. The molecule has 0 amide bonds. The third-order valence-corrected chi connectivity index (χ3v) is 6.65. The normalized spacial score (nSPS) is 15.6. The van der Waals surface area contributed by atoms with E-state index in [4.69, 9.17) is 0 Å². The molecule has 0 saturated carbocycles. The van der Waals surface area contributed by atoms with Gasteiger partial charge in [-0.1, -0.05) is 18.6 Å². The Labute approximate surface area is 189 Å². The number of aromatic nitrogens is 3. The van der Waals surface area contributed by atoms with E-state index in [0.717, 1.165) is 30.7 Å². The van der Waals surface area contributed by atoms with Gasteiger partial charge < -0.3 is 10.6 Å². The molecule has 0 unspecified atom stereocenters. The summed E-state index contributed by atoms with van der Waals surface area (Å²) in [6.45, 7) is 2.15. The molecule has 1 aliphatic rings. The van der Waals surface area contributed by atoms with Crippen molar-refractivity contribution in [1.82, 2.24) is 29.7 Å². The van der Waals surface area contributed by atoms with Crippen molar-refractivity contribution in [2.45, 2.75) is 37.2 Å². The van der Waals surface area contributed by atoms with Crippen LogP contribution in [-0.2, 0) is 30.2 Å². The molecule has 0 bridgehead atoms. The van der Waals surface area contributed by atoms with Crippen LogP contribution in [0, 0.1) is 0 Å². The number of aliphatic imine (C=N–C) groups is 1. The van der Waals surface area contributed by atoms with Crippen molar-refractivity contribution in [3.8, 4) is 0 Å². The molecule has 1 aromatic carbocycles. The van der Waals surface area contributed by atoms with Crippen LogP contribution in [0.2, 0.25) is 0 Å². The minimum atomic E-state index is -3.43. The van der Waals surface area contributed by atoms with Crippen LogP contribution < -0.4 is 10.6 Å². The first-order chi connectivity index (χ1) is 13.5.